The number of carbonyl (C=O) groups excluding carboxylic acids is 1. The lowest BCUT2D eigenvalue weighted by atomic mass is 10.1. The van der Waals surface area contributed by atoms with Gasteiger partial charge in [0.05, 0.1) is 5.69 Å². The zero-order valence-electron chi connectivity index (χ0n) is 12.7. The summed E-state index contributed by atoms with van der Waals surface area (Å²) in [6.45, 7) is 0.343. The molecule has 1 saturated carbocycles. The van der Waals surface area contributed by atoms with Crippen LogP contribution in [-0.4, -0.2) is 24.7 Å². The number of hydrogen-bond acceptors (Lipinski definition) is 3. The van der Waals surface area contributed by atoms with E-state index < -0.39 is 12.8 Å². The van der Waals surface area contributed by atoms with Crippen LogP contribution in [0.4, 0.5) is 18.9 Å². The van der Waals surface area contributed by atoms with Gasteiger partial charge < -0.3 is 15.8 Å². The predicted molar refractivity (Wildman–Crippen MR) is 83.9 cm³/mol. The molecule has 1 aliphatic carbocycles. The Kier molecular flexibility index (Phi) is 6.70. The molecule has 4 nitrogen and oxygen atoms in total. The largest absolute Gasteiger partial charge is 0.482 e. The van der Waals surface area contributed by atoms with Gasteiger partial charge in [-0.15, -0.1) is 12.4 Å². The van der Waals surface area contributed by atoms with Crippen molar-refractivity contribution in [3.8, 4) is 5.75 Å². The molecule has 2 atom stereocenters. The van der Waals surface area contributed by atoms with Gasteiger partial charge in [-0.3, -0.25) is 4.79 Å². The van der Waals surface area contributed by atoms with E-state index in [1.807, 2.05) is 0 Å². The Morgan fingerprint density at radius 3 is 2.65 bits per heavy atom. The summed E-state index contributed by atoms with van der Waals surface area (Å²) in [5.74, 6) is -0.409. The van der Waals surface area contributed by atoms with Crippen molar-refractivity contribution in [3.63, 3.8) is 0 Å². The Morgan fingerprint density at radius 1 is 1.39 bits per heavy atom. The van der Waals surface area contributed by atoms with E-state index in [1.54, 1.807) is 19.1 Å². The second kappa shape index (κ2) is 7.88. The van der Waals surface area contributed by atoms with Crippen LogP contribution < -0.4 is 15.8 Å². The number of carbonyl (C=O) groups is 1. The number of halogens is 4. The van der Waals surface area contributed by atoms with Crippen LogP contribution in [0.25, 0.3) is 0 Å². The van der Waals surface area contributed by atoms with Gasteiger partial charge in [0.15, 0.2) is 6.61 Å². The molecule has 2 unspecified atom stereocenters. The summed E-state index contributed by atoms with van der Waals surface area (Å²) in [5, 5.41) is 2.65. The number of rotatable bonds is 4. The van der Waals surface area contributed by atoms with Crippen molar-refractivity contribution in [2.45, 2.75) is 38.4 Å². The molecule has 8 heteroatoms. The van der Waals surface area contributed by atoms with E-state index in [9.17, 15) is 18.0 Å². The van der Waals surface area contributed by atoms with Gasteiger partial charge in [-0.1, -0.05) is 6.07 Å². The lowest BCUT2D eigenvalue weighted by Crippen LogP contribution is -2.24. The highest BCUT2D eigenvalue weighted by Gasteiger charge is 2.30. The molecule has 0 saturated heterocycles. The minimum atomic E-state index is -4.43. The van der Waals surface area contributed by atoms with Crippen LogP contribution in [0, 0.1) is 12.8 Å². The van der Waals surface area contributed by atoms with E-state index in [2.05, 4.69) is 5.32 Å². The van der Waals surface area contributed by atoms with Crippen molar-refractivity contribution >= 4 is 24.0 Å². The number of anilines is 1. The summed E-state index contributed by atoms with van der Waals surface area (Å²) in [5.41, 5.74) is 6.77. The van der Waals surface area contributed by atoms with E-state index in [0.29, 0.717) is 12.8 Å². The summed E-state index contributed by atoms with van der Waals surface area (Å²) >= 11 is 0. The maximum atomic E-state index is 12.3. The van der Waals surface area contributed by atoms with Gasteiger partial charge in [0.1, 0.15) is 5.75 Å². The molecule has 1 amide bonds. The van der Waals surface area contributed by atoms with Gasteiger partial charge in [0.25, 0.3) is 0 Å². The molecule has 0 radical (unpaired) electrons. The standard InChI is InChI=1S/C15H19F3N2O2.ClH/c1-9-2-5-12(13(6-9)22-8-15(16,17)18)20-14(21)10-3-4-11(19)7-10;/h2,5-6,10-11H,3-4,7-8,19H2,1H3,(H,20,21);1H. The average molecular weight is 353 g/mol. The van der Waals surface area contributed by atoms with E-state index in [1.165, 1.54) is 6.07 Å². The van der Waals surface area contributed by atoms with Gasteiger partial charge in [-0.05, 0) is 43.9 Å². The molecule has 1 fully saturated rings. The van der Waals surface area contributed by atoms with Gasteiger partial charge in [-0.25, -0.2) is 0 Å². The van der Waals surface area contributed by atoms with Crippen molar-refractivity contribution in [2.75, 3.05) is 11.9 Å². The fourth-order valence-electron chi connectivity index (χ4n) is 2.50. The maximum absolute atomic E-state index is 12.3. The Morgan fingerprint density at radius 2 is 2.09 bits per heavy atom. The number of nitrogens with one attached hydrogen (secondary N) is 1. The summed E-state index contributed by atoms with van der Waals surface area (Å²) in [4.78, 5) is 12.2. The number of ether oxygens (including phenoxy) is 1. The highest BCUT2D eigenvalue weighted by Crippen LogP contribution is 2.30. The molecule has 0 aliphatic heterocycles. The van der Waals surface area contributed by atoms with Gasteiger partial charge in [0.2, 0.25) is 5.91 Å². The van der Waals surface area contributed by atoms with Crippen LogP contribution in [0.5, 0.6) is 5.75 Å². The van der Waals surface area contributed by atoms with E-state index >= 15 is 0 Å². The van der Waals surface area contributed by atoms with Crippen molar-refractivity contribution in [1.29, 1.82) is 0 Å². The quantitative estimate of drug-likeness (QED) is 0.872. The third-order valence-corrected chi connectivity index (χ3v) is 3.63. The topological polar surface area (TPSA) is 64.4 Å². The normalized spacial score (nSPS) is 20.7. The number of nitrogens with two attached hydrogens (primary N) is 1. The van der Waals surface area contributed by atoms with Gasteiger partial charge in [-0.2, -0.15) is 13.2 Å². The third kappa shape index (κ3) is 5.91. The first-order valence-corrected chi connectivity index (χ1v) is 7.11. The maximum Gasteiger partial charge on any atom is 0.422 e. The lowest BCUT2D eigenvalue weighted by Gasteiger charge is -2.16. The number of amides is 1. The first kappa shape index (κ1) is 19.6. The predicted octanol–water partition coefficient (Wildman–Crippen LogP) is 3.42. The van der Waals surface area contributed by atoms with Crippen LogP contribution in [-0.2, 0) is 4.79 Å². The zero-order chi connectivity index (χ0) is 16.3. The molecule has 1 aromatic rings. The summed E-state index contributed by atoms with van der Waals surface area (Å²) in [7, 11) is 0. The molecule has 1 aliphatic rings. The Labute approximate surface area is 139 Å². The highest BCUT2D eigenvalue weighted by molar-refractivity contribution is 5.94. The van der Waals surface area contributed by atoms with E-state index in [4.69, 9.17) is 10.5 Å². The first-order chi connectivity index (χ1) is 10.2. The fraction of sp³-hybridized carbons (Fsp3) is 0.533. The Bertz CT molecular complexity index is 552. The number of aryl methyl sites for hydroxylation is 1. The van der Waals surface area contributed by atoms with Crippen LogP contribution in [0.15, 0.2) is 18.2 Å². The molecule has 23 heavy (non-hydrogen) atoms. The van der Waals surface area contributed by atoms with Crippen molar-refractivity contribution in [2.24, 2.45) is 11.7 Å². The summed E-state index contributed by atoms with van der Waals surface area (Å²) < 4.78 is 41.7. The van der Waals surface area contributed by atoms with Crippen LogP contribution in [0.1, 0.15) is 24.8 Å². The molecule has 130 valence electrons. The Balaban J connectivity index is 0.00000264. The third-order valence-electron chi connectivity index (χ3n) is 3.63. The number of alkyl halides is 3. The molecule has 0 bridgehead atoms. The first-order valence-electron chi connectivity index (χ1n) is 7.11. The molecular formula is C15H20ClF3N2O2. The molecular weight excluding hydrogens is 333 g/mol. The van der Waals surface area contributed by atoms with Crippen LogP contribution in [0.3, 0.4) is 0 Å². The van der Waals surface area contributed by atoms with Crippen molar-refractivity contribution in [3.05, 3.63) is 23.8 Å². The second-order valence-electron chi connectivity index (χ2n) is 5.66. The minimum Gasteiger partial charge on any atom is -0.482 e. The van der Waals surface area contributed by atoms with E-state index in [-0.39, 0.29) is 41.7 Å². The lowest BCUT2D eigenvalue weighted by molar-refractivity contribution is -0.153. The minimum absolute atomic E-state index is 0. The SMILES string of the molecule is Cc1ccc(NC(=O)C2CCC(N)C2)c(OCC(F)(F)F)c1.Cl. The monoisotopic (exact) mass is 352 g/mol. The molecule has 2 rings (SSSR count). The second-order valence-corrected chi connectivity index (χ2v) is 5.66. The molecule has 0 aromatic heterocycles. The van der Waals surface area contributed by atoms with Gasteiger partial charge >= 0.3 is 6.18 Å². The van der Waals surface area contributed by atoms with Crippen molar-refractivity contribution in [1.82, 2.24) is 0 Å². The summed E-state index contributed by atoms with van der Waals surface area (Å²) in [6.07, 6.45) is -2.36. The zero-order valence-corrected chi connectivity index (χ0v) is 13.5. The van der Waals surface area contributed by atoms with Crippen LogP contribution in [0.2, 0.25) is 0 Å². The molecule has 0 spiro atoms. The average Bonchev–Trinajstić information content (AvgIpc) is 2.85. The summed E-state index contributed by atoms with van der Waals surface area (Å²) in [6, 6.07) is 4.74. The van der Waals surface area contributed by atoms with Crippen molar-refractivity contribution < 1.29 is 22.7 Å². The molecule has 3 N–H and O–H groups in total. The molecule has 0 heterocycles. The smallest absolute Gasteiger partial charge is 0.422 e. The highest BCUT2D eigenvalue weighted by atomic mass is 35.5. The Hall–Kier alpha value is -1.47. The number of hydrogen-bond donors (Lipinski definition) is 2. The fourth-order valence-corrected chi connectivity index (χ4v) is 2.50. The number of benzene rings is 1. The van der Waals surface area contributed by atoms with E-state index in [0.717, 1.165) is 12.0 Å². The van der Waals surface area contributed by atoms with Crippen LogP contribution >= 0.6 is 12.4 Å². The van der Waals surface area contributed by atoms with Gasteiger partial charge in [0, 0.05) is 12.0 Å². The molecule has 1 aromatic carbocycles.